The van der Waals surface area contributed by atoms with E-state index in [4.69, 9.17) is 4.74 Å². The van der Waals surface area contributed by atoms with Crippen molar-refractivity contribution >= 4 is 18.0 Å². The summed E-state index contributed by atoms with van der Waals surface area (Å²) in [6, 6.07) is 8.38. The predicted octanol–water partition coefficient (Wildman–Crippen LogP) is 3.54. The number of ether oxygens (including phenoxy) is 1. The molecule has 0 bridgehead atoms. The molecule has 0 unspecified atom stereocenters. The van der Waals surface area contributed by atoms with E-state index in [9.17, 15) is 14.0 Å². The number of halogens is 1. The Morgan fingerprint density at radius 1 is 1.19 bits per heavy atom. The van der Waals surface area contributed by atoms with Crippen molar-refractivity contribution in [3.63, 3.8) is 0 Å². The van der Waals surface area contributed by atoms with E-state index >= 15 is 0 Å². The van der Waals surface area contributed by atoms with Crippen LogP contribution < -0.4 is 0 Å². The summed E-state index contributed by atoms with van der Waals surface area (Å²) >= 11 is 0. The summed E-state index contributed by atoms with van der Waals surface area (Å²) in [4.78, 5) is 26.2. The highest BCUT2D eigenvalue weighted by Gasteiger charge is 2.35. The second kappa shape index (κ2) is 6.87. The Bertz CT molecular complexity index is 1010. The molecule has 27 heavy (non-hydrogen) atoms. The fourth-order valence-corrected chi connectivity index (χ4v) is 3.39. The first-order valence-electron chi connectivity index (χ1n) is 8.51. The van der Waals surface area contributed by atoms with E-state index in [1.54, 1.807) is 42.8 Å². The number of hydrogen-bond acceptors (Lipinski definition) is 3. The first-order chi connectivity index (χ1) is 12.8. The molecule has 0 aliphatic carbocycles. The summed E-state index contributed by atoms with van der Waals surface area (Å²) in [5.41, 5.74) is 3.84. The molecule has 0 saturated heterocycles. The standard InChI is InChI=1S/C21H21FN2O3/c1-12-10-15(13(2)24(12)18-9-7-6-8-17(18)22)11-16-19(21(26)27-5)14(3)23(4)20(16)25/h6-11H,1-5H3/b16-11-. The van der Waals surface area contributed by atoms with Crippen LogP contribution in [-0.2, 0) is 14.3 Å². The van der Waals surface area contributed by atoms with Gasteiger partial charge in [-0.3, -0.25) is 4.79 Å². The van der Waals surface area contributed by atoms with Crippen molar-refractivity contribution in [3.8, 4) is 5.69 Å². The quantitative estimate of drug-likeness (QED) is 0.615. The molecule has 0 atom stereocenters. The third-order valence-corrected chi connectivity index (χ3v) is 4.92. The van der Waals surface area contributed by atoms with Gasteiger partial charge in [0.1, 0.15) is 5.82 Å². The Labute approximate surface area is 157 Å². The minimum Gasteiger partial charge on any atom is -0.465 e. The van der Waals surface area contributed by atoms with Crippen LogP contribution in [0.4, 0.5) is 4.39 Å². The Morgan fingerprint density at radius 2 is 1.85 bits per heavy atom. The second-order valence-corrected chi connectivity index (χ2v) is 6.49. The Hall–Kier alpha value is -3.15. The van der Waals surface area contributed by atoms with Crippen molar-refractivity contribution in [2.24, 2.45) is 0 Å². The van der Waals surface area contributed by atoms with Gasteiger partial charge in [0.25, 0.3) is 5.91 Å². The van der Waals surface area contributed by atoms with Crippen molar-refractivity contribution in [1.29, 1.82) is 0 Å². The van der Waals surface area contributed by atoms with E-state index in [0.29, 0.717) is 11.4 Å². The van der Waals surface area contributed by atoms with Crippen LogP contribution in [0.1, 0.15) is 23.9 Å². The summed E-state index contributed by atoms with van der Waals surface area (Å²) in [6.07, 6.45) is 1.67. The SMILES string of the molecule is COC(=O)C1=C(C)N(C)C(=O)/C1=C\c1cc(C)n(-c2ccccc2F)c1C. The maximum Gasteiger partial charge on any atom is 0.340 e. The van der Waals surface area contributed by atoms with Crippen LogP contribution in [0.3, 0.4) is 0 Å². The molecule has 2 aromatic rings. The minimum atomic E-state index is -0.556. The topological polar surface area (TPSA) is 51.5 Å². The molecule has 0 N–H and O–H groups in total. The van der Waals surface area contributed by atoms with Gasteiger partial charge in [0.15, 0.2) is 0 Å². The molecule has 0 fully saturated rings. The number of likely N-dealkylation sites (N-methyl/N-ethyl adjacent to an activating group) is 1. The zero-order valence-electron chi connectivity index (χ0n) is 16.0. The first kappa shape index (κ1) is 18.6. The number of allylic oxidation sites excluding steroid dienone is 1. The van der Waals surface area contributed by atoms with Gasteiger partial charge >= 0.3 is 5.97 Å². The monoisotopic (exact) mass is 368 g/mol. The average Bonchev–Trinajstić information content (AvgIpc) is 3.03. The number of aryl methyl sites for hydroxylation is 1. The number of carbonyl (C=O) groups is 2. The summed E-state index contributed by atoms with van der Waals surface area (Å²) in [7, 11) is 2.90. The number of carbonyl (C=O) groups excluding carboxylic acids is 2. The van der Waals surface area contributed by atoms with Gasteiger partial charge in [0.2, 0.25) is 0 Å². The van der Waals surface area contributed by atoms with Gasteiger partial charge in [-0.2, -0.15) is 0 Å². The van der Waals surface area contributed by atoms with Gasteiger partial charge in [-0.25, -0.2) is 9.18 Å². The van der Waals surface area contributed by atoms with Crippen molar-refractivity contribution in [3.05, 3.63) is 69.9 Å². The van der Waals surface area contributed by atoms with Gasteiger partial charge < -0.3 is 14.2 Å². The van der Waals surface area contributed by atoms with Crippen LogP contribution in [0.25, 0.3) is 11.8 Å². The molecule has 1 aromatic heterocycles. The van der Waals surface area contributed by atoms with Gasteiger partial charge in [-0.15, -0.1) is 0 Å². The largest absolute Gasteiger partial charge is 0.465 e. The second-order valence-electron chi connectivity index (χ2n) is 6.49. The lowest BCUT2D eigenvalue weighted by Crippen LogP contribution is -2.19. The third kappa shape index (κ3) is 2.97. The maximum atomic E-state index is 14.3. The van der Waals surface area contributed by atoms with Gasteiger partial charge in [0, 0.05) is 24.1 Å². The summed E-state index contributed by atoms with van der Waals surface area (Å²) < 4.78 is 20.9. The number of esters is 1. The molecule has 0 spiro atoms. The minimum absolute atomic E-state index is 0.251. The first-order valence-corrected chi connectivity index (χ1v) is 8.51. The van der Waals surface area contributed by atoms with Crippen LogP contribution >= 0.6 is 0 Å². The summed E-state index contributed by atoms with van der Waals surface area (Å²) in [5.74, 6) is -1.16. The van der Waals surface area contributed by atoms with E-state index < -0.39 is 5.97 Å². The van der Waals surface area contributed by atoms with Crippen LogP contribution in [0.2, 0.25) is 0 Å². The van der Waals surface area contributed by atoms with E-state index in [1.165, 1.54) is 18.1 Å². The number of rotatable bonds is 3. The van der Waals surface area contributed by atoms with Crippen LogP contribution in [-0.4, -0.2) is 35.5 Å². The number of hydrogen-bond donors (Lipinski definition) is 0. The molecule has 1 aromatic carbocycles. The molecule has 1 amide bonds. The summed E-state index contributed by atoms with van der Waals surface area (Å²) in [6.45, 7) is 5.42. The molecule has 0 saturated carbocycles. The van der Waals surface area contributed by atoms with E-state index in [1.807, 2.05) is 19.9 Å². The van der Waals surface area contributed by atoms with Crippen LogP contribution in [0.5, 0.6) is 0 Å². The van der Waals surface area contributed by atoms with E-state index in [0.717, 1.165) is 17.0 Å². The van der Waals surface area contributed by atoms with Gasteiger partial charge in [-0.05, 0) is 50.6 Å². The fraction of sp³-hybridized carbons (Fsp3) is 0.238. The molecule has 140 valence electrons. The zero-order valence-corrected chi connectivity index (χ0v) is 16.0. The maximum absolute atomic E-state index is 14.3. The fourth-order valence-electron chi connectivity index (χ4n) is 3.39. The highest BCUT2D eigenvalue weighted by atomic mass is 19.1. The third-order valence-electron chi connectivity index (χ3n) is 4.92. The molecule has 5 nitrogen and oxygen atoms in total. The number of methoxy groups -OCH3 is 1. The lowest BCUT2D eigenvalue weighted by Gasteiger charge is -2.10. The molecule has 1 aliphatic rings. The van der Waals surface area contributed by atoms with Gasteiger partial charge in [-0.1, -0.05) is 12.1 Å². The van der Waals surface area contributed by atoms with Gasteiger partial charge in [0.05, 0.1) is 23.9 Å². The van der Waals surface area contributed by atoms with Crippen LogP contribution in [0, 0.1) is 19.7 Å². The Kier molecular flexibility index (Phi) is 4.74. The number of para-hydroxylation sites is 1. The normalized spacial score (nSPS) is 15.9. The molecule has 1 aliphatic heterocycles. The number of amides is 1. The van der Waals surface area contributed by atoms with Crippen molar-refractivity contribution in [2.45, 2.75) is 20.8 Å². The molecule has 2 heterocycles. The van der Waals surface area contributed by atoms with Crippen LogP contribution in [0.15, 0.2) is 47.2 Å². The lowest BCUT2D eigenvalue weighted by molar-refractivity contribution is -0.136. The average molecular weight is 368 g/mol. The molecule has 6 heteroatoms. The number of aromatic nitrogens is 1. The molecule has 3 rings (SSSR count). The zero-order chi connectivity index (χ0) is 19.9. The molecular weight excluding hydrogens is 347 g/mol. The Balaban J connectivity index is 2.16. The smallest absolute Gasteiger partial charge is 0.340 e. The number of benzene rings is 1. The highest BCUT2D eigenvalue weighted by molar-refractivity contribution is 6.16. The van der Waals surface area contributed by atoms with Crippen molar-refractivity contribution in [1.82, 2.24) is 9.47 Å². The van der Waals surface area contributed by atoms with E-state index in [-0.39, 0.29) is 22.9 Å². The van der Waals surface area contributed by atoms with Crippen molar-refractivity contribution in [2.75, 3.05) is 14.2 Å². The highest BCUT2D eigenvalue weighted by Crippen LogP contribution is 2.32. The lowest BCUT2D eigenvalue weighted by atomic mass is 10.0. The Morgan fingerprint density at radius 3 is 2.48 bits per heavy atom. The molecule has 0 radical (unpaired) electrons. The van der Waals surface area contributed by atoms with E-state index in [2.05, 4.69) is 0 Å². The molecular formula is C21H21FN2O3. The number of nitrogens with zero attached hydrogens (tertiary/aromatic N) is 2. The predicted molar refractivity (Wildman–Crippen MR) is 101 cm³/mol. The summed E-state index contributed by atoms with van der Waals surface area (Å²) in [5, 5.41) is 0. The van der Waals surface area contributed by atoms with Crippen molar-refractivity contribution < 1.29 is 18.7 Å².